The normalized spacial score (nSPS) is 11.6. The Morgan fingerprint density at radius 1 is 1.05 bits per heavy atom. The summed E-state index contributed by atoms with van der Waals surface area (Å²) in [6.07, 6.45) is 0.662. The number of benzene rings is 1. The van der Waals surface area contributed by atoms with E-state index in [-0.39, 0.29) is 6.42 Å². The minimum atomic E-state index is -1.18. The molecule has 0 aliphatic carbocycles. The smallest absolute Gasteiger partial charge is 0.320 e. The standard InChI is InChI=1S/C15H18O6/c1-19-11-6-4-10(5-7-11)12(8-9-16)13(14(17)20-2)15(18)21-3/h4-7,9,12-13H,8H2,1-3H3. The van der Waals surface area contributed by atoms with Crippen LogP contribution >= 0.6 is 0 Å². The monoisotopic (exact) mass is 294 g/mol. The van der Waals surface area contributed by atoms with Crippen molar-refractivity contribution in [1.82, 2.24) is 0 Å². The van der Waals surface area contributed by atoms with Crippen LogP contribution in [0.5, 0.6) is 5.75 Å². The lowest BCUT2D eigenvalue weighted by atomic mass is 9.83. The highest BCUT2D eigenvalue weighted by molar-refractivity contribution is 5.96. The molecule has 0 amide bonds. The number of aldehydes is 1. The fourth-order valence-corrected chi connectivity index (χ4v) is 2.10. The molecule has 0 N–H and O–H groups in total. The molecule has 0 aromatic heterocycles. The van der Waals surface area contributed by atoms with Gasteiger partial charge in [-0.1, -0.05) is 12.1 Å². The van der Waals surface area contributed by atoms with Crippen molar-refractivity contribution >= 4 is 18.2 Å². The lowest BCUT2D eigenvalue weighted by Gasteiger charge is -2.22. The molecule has 0 bridgehead atoms. The first-order valence-corrected chi connectivity index (χ1v) is 6.32. The van der Waals surface area contributed by atoms with Gasteiger partial charge in [-0.15, -0.1) is 0 Å². The zero-order valence-corrected chi connectivity index (χ0v) is 12.2. The maximum Gasteiger partial charge on any atom is 0.320 e. The Bertz CT molecular complexity index is 477. The largest absolute Gasteiger partial charge is 0.497 e. The number of esters is 2. The van der Waals surface area contributed by atoms with E-state index in [1.54, 1.807) is 24.3 Å². The van der Waals surface area contributed by atoms with E-state index in [1.165, 1.54) is 21.3 Å². The predicted molar refractivity (Wildman–Crippen MR) is 73.9 cm³/mol. The molecule has 0 spiro atoms. The van der Waals surface area contributed by atoms with Gasteiger partial charge in [-0.25, -0.2) is 0 Å². The lowest BCUT2D eigenvalue weighted by Crippen LogP contribution is -2.32. The molecule has 1 aromatic rings. The average Bonchev–Trinajstić information content (AvgIpc) is 2.53. The van der Waals surface area contributed by atoms with Crippen LogP contribution in [0.4, 0.5) is 0 Å². The van der Waals surface area contributed by atoms with Gasteiger partial charge in [-0.3, -0.25) is 9.59 Å². The highest BCUT2D eigenvalue weighted by atomic mass is 16.5. The molecule has 114 valence electrons. The van der Waals surface area contributed by atoms with Crippen LogP contribution in [-0.2, 0) is 23.9 Å². The molecule has 0 fully saturated rings. The number of methoxy groups -OCH3 is 3. The Morgan fingerprint density at radius 3 is 1.95 bits per heavy atom. The van der Waals surface area contributed by atoms with E-state index in [1.807, 2.05) is 0 Å². The number of hydrogen-bond donors (Lipinski definition) is 0. The Balaban J connectivity index is 3.18. The Labute approximate surface area is 123 Å². The molecular formula is C15H18O6. The summed E-state index contributed by atoms with van der Waals surface area (Å²) in [5.74, 6) is -2.66. The maximum absolute atomic E-state index is 11.9. The summed E-state index contributed by atoms with van der Waals surface area (Å²) in [7, 11) is 3.90. The molecule has 0 heterocycles. The number of carbonyl (C=O) groups excluding carboxylic acids is 3. The molecule has 0 radical (unpaired) electrons. The number of hydrogen-bond acceptors (Lipinski definition) is 6. The van der Waals surface area contributed by atoms with Crippen LogP contribution < -0.4 is 4.74 Å². The third-order valence-corrected chi connectivity index (χ3v) is 3.21. The number of ether oxygens (including phenoxy) is 3. The highest BCUT2D eigenvalue weighted by Gasteiger charge is 2.37. The third-order valence-electron chi connectivity index (χ3n) is 3.21. The van der Waals surface area contributed by atoms with Gasteiger partial charge in [0.1, 0.15) is 12.0 Å². The van der Waals surface area contributed by atoms with Crippen molar-refractivity contribution in [3.05, 3.63) is 29.8 Å². The highest BCUT2D eigenvalue weighted by Crippen LogP contribution is 2.30. The molecule has 6 heteroatoms. The summed E-state index contributed by atoms with van der Waals surface area (Å²) in [6, 6.07) is 6.79. The second kappa shape index (κ2) is 8.04. The van der Waals surface area contributed by atoms with E-state index >= 15 is 0 Å². The van der Waals surface area contributed by atoms with Gasteiger partial charge in [-0.2, -0.15) is 0 Å². The van der Waals surface area contributed by atoms with Crippen LogP contribution in [-0.4, -0.2) is 39.6 Å². The van der Waals surface area contributed by atoms with Gasteiger partial charge in [0.05, 0.1) is 21.3 Å². The van der Waals surface area contributed by atoms with E-state index in [9.17, 15) is 14.4 Å². The van der Waals surface area contributed by atoms with Crippen LogP contribution in [0.25, 0.3) is 0 Å². The van der Waals surface area contributed by atoms with Crippen LogP contribution in [0.15, 0.2) is 24.3 Å². The van der Waals surface area contributed by atoms with E-state index in [0.29, 0.717) is 17.6 Å². The van der Waals surface area contributed by atoms with Gasteiger partial charge in [0.15, 0.2) is 5.92 Å². The van der Waals surface area contributed by atoms with E-state index in [4.69, 9.17) is 4.74 Å². The van der Waals surface area contributed by atoms with Crippen molar-refractivity contribution in [2.75, 3.05) is 21.3 Å². The Kier molecular flexibility index (Phi) is 6.39. The first-order chi connectivity index (χ1) is 10.1. The summed E-state index contributed by atoms with van der Waals surface area (Å²) in [6.45, 7) is 0. The van der Waals surface area contributed by atoms with Gasteiger partial charge in [0.25, 0.3) is 0 Å². The fourth-order valence-electron chi connectivity index (χ4n) is 2.10. The molecule has 1 aromatic carbocycles. The van der Waals surface area contributed by atoms with E-state index in [2.05, 4.69) is 9.47 Å². The molecule has 21 heavy (non-hydrogen) atoms. The summed E-state index contributed by atoms with van der Waals surface area (Å²) in [5, 5.41) is 0. The molecule has 0 aliphatic rings. The first-order valence-electron chi connectivity index (χ1n) is 6.32. The first kappa shape index (κ1) is 16.7. The Morgan fingerprint density at radius 2 is 1.57 bits per heavy atom. The quantitative estimate of drug-likeness (QED) is 0.429. The van der Waals surface area contributed by atoms with Gasteiger partial charge < -0.3 is 19.0 Å². The second-order valence-corrected chi connectivity index (χ2v) is 4.31. The topological polar surface area (TPSA) is 78.9 Å². The predicted octanol–water partition coefficient (Wildman–Crippen LogP) is 1.33. The van der Waals surface area contributed by atoms with Crippen molar-refractivity contribution in [2.45, 2.75) is 12.3 Å². The maximum atomic E-state index is 11.9. The van der Waals surface area contributed by atoms with Crippen LogP contribution in [0.2, 0.25) is 0 Å². The molecule has 0 saturated heterocycles. The zero-order chi connectivity index (χ0) is 15.8. The number of rotatable bonds is 7. The zero-order valence-electron chi connectivity index (χ0n) is 12.2. The summed E-state index contributed by atoms with van der Waals surface area (Å²) < 4.78 is 14.4. The van der Waals surface area contributed by atoms with E-state index < -0.39 is 23.8 Å². The van der Waals surface area contributed by atoms with Crippen molar-refractivity contribution < 1.29 is 28.6 Å². The van der Waals surface area contributed by atoms with Crippen molar-refractivity contribution in [3.63, 3.8) is 0 Å². The van der Waals surface area contributed by atoms with Crippen molar-refractivity contribution in [3.8, 4) is 5.75 Å². The average molecular weight is 294 g/mol. The van der Waals surface area contributed by atoms with E-state index in [0.717, 1.165) is 0 Å². The minimum absolute atomic E-state index is 0.00119. The van der Waals surface area contributed by atoms with Gasteiger partial charge >= 0.3 is 11.9 Å². The third kappa shape index (κ3) is 4.05. The molecule has 1 rings (SSSR count). The molecule has 6 nitrogen and oxygen atoms in total. The Hall–Kier alpha value is -2.37. The number of carbonyl (C=O) groups is 3. The fraction of sp³-hybridized carbons (Fsp3) is 0.400. The SMILES string of the molecule is COC(=O)C(C(=O)OC)C(CC=O)c1ccc(OC)cc1. The van der Waals surface area contributed by atoms with Crippen LogP contribution in [0.3, 0.4) is 0 Å². The molecule has 0 aliphatic heterocycles. The molecule has 0 saturated carbocycles. The van der Waals surface area contributed by atoms with Crippen LogP contribution in [0.1, 0.15) is 17.9 Å². The summed E-state index contributed by atoms with van der Waals surface area (Å²) in [4.78, 5) is 34.6. The molecule has 1 unspecified atom stereocenters. The molecular weight excluding hydrogens is 276 g/mol. The lowest BCUT2D eigenvalue weighted by molar-refractivity contribution is -0.160. The van der Waals surface area contributed by atoms with Gasteiger partial charge in [-0.05, 0) is 17.7 Å². The van der Waals surface area contributed by atoms with Crippen LogP contribution in [0, 0.1) is 5.92 Å². The molecule has 1 atom stereocenters. The second-order valence-electron chi connectivity index (χ2n) is 4.31. The minimum Gasteiger partial charge on any atom is -0.497 e. The summed E-state index contributed by atoms with van der Waals surface area (Å²) >= 11 is 0. The van der Waals surface area contributed by atoms with Crippen molar-refractivity contribution in [2.24, 2.45) is 5.92 Å². The van der Waals surface area contributed by atoms with Crippen molar-refractivity contribution in [1.29, 1.82) is 0 Å². The van der Waals surface area contributed by atoms with Gasteiger partial charge in [0.2, 0.25) is 0 Å². The summed E-state index contributed by atoms with van der Waals surface area (Å²) in [5.41, 5.74) is 0.656. The van der Waals surface area contributed by atoms with Gasteiger partial charge in [0, 0.05) is 12.3 Å².